The minimum Gasteiger partial charge on any atom is -0.351 e. The van der Waals surface area contributed by atoms with Gasteiger partial charge in [0.05, 0.1) is 11.6 Å². The van der Waals surface area contributed by atoms with Crippen molar-refractivity contribution in [3.8, 4) is 11.4 Å². The topological polar surface area (TPSA) is 71.3 Å². The summed E-state index contributed by atoms with van der Waals surface area (Å²) in [5.41, 5.74) is 0.534. The Morgan fingerprint density at radius 3 is 2.68 bits per heavy atom. The lowest BCUT2D eigenvalue weighted by molar-refractivity contribution is -0.128. The van der Waals surface area contributed by atoms with Crippen molar-refractivity contribution in [2.75, 3.05) is 13.1 Å². The molecule has 8 heteroatoms. The average molecular weight is 425 g/mol. The van der Waals surface area contributed by atoms with Gasteiger partial charge in [0.15, 0.2) is 0 Å². The molecule has 1 saturated heterocycles. The van der Waals surface area contributed by atoms with Crippen LogP contribution in [0, 0.1) is 5.92 Å². The van der Waals surface area contributed by atoms with Crippen molar-refractivity contribution in [2.45, 2.75) is 52.1 Å². The van der Waals surface area contributed by atoms with Crippen molar-refractivity contribution in [1.29, 1.82) is 0 Å². The zero-order valence-corrected chi connectivity index (χ0v) is 18.0. The maximum atomic E-state index is 12.5. The quantitative estimate of drug-likeness (QED) is 0.735. The van der Waals surface area contributed by atoms with Crippen LogP contribution in [0.1, 0.15) is 45.9 Å². The molecule has 0 saturated carbocycles. The van der Waals surface area contributed by atoms with Crippen molar-refractivity contribution < 1.29 is 9.32 Å². The van der Waals surface area contributed by atoms with E-state index < -0.39 is 0 Å². The first-order valence-corrected chi connectivity index (χ1v) is 10.4. The summed E-state index contributed by atoms with van der Waals surface area (Å²) in [7, 11) is 0. The number of piperidine rings is 1. The van der Waals surface area contributed by atoms with Crippen molar-refractivity contribution in [3.05, 3.63) is 34.1 Å². The van der Waals surface area contributed by atoms with Crippen LogP contribution in [0.25, 0.3) is 11.4 Å². The van der Waals surface area contributed by atoms with Gasteiger partial charge in [-0.05, 0) is 64.4 Å². The normalized spacial score (nSPS) is 16.3. The van der Waals surface area contributed by atoms with E-state index in [2.05, 4.69) is 41.1 Å². The minimum absolute atomic E-state index is 0.0631. The van der Waals surface area contributed by atoms with Gasteiger partial charge in [0.1, 0.15) is 0 Å². The lowest BCUT2D eigenvalue weighted by Crippen LogP contribution is -2.48. The summed E-state index contributed by atoms with van der Waals surface area (Å²) in [6.07, 6.45) is 2.57. The second-order valence-electron chi connectivity index (χ2n) is 7.91. The molecule has 0 unspecified atom stereocenters. The Kier molecular flexibility index (Phi) is 6.63. The van der Waals surface area contributed by atoms with E-state index in [0.29, 0.717) is 33.9 Å². The number of rotatable bonds is 6. The number of benzene rings is 1. The van der Waals surface area contributed by atoms with Crippen molar-refractivity contribution in [1.82, 2.24) is 20.4 Å². The largest absolute Gasteiger partial charge is 0.351 e. The molecule has 0 aliphatic carbocycles. The summed E-state index contributed by atoms with van der Waals surface area (Å²) < 4.78 is 5.39. The van der Waals surface area contributed by atoms with Crippen LogP contribution in [0.5, 0.6) is 0 Å². The summed E-state index contributed by atoms with van der Waals surface area (Å²) in [4.78, 5) is 19.1. The Balaban J connectivity index is 1.54. The van der Waals surface area contributed by atoms with Gasteiger partial charge in [-0.3, -0.25) is 9.69 Å². The second kappa shape index (κ2) is 8.80. The van der Waals surface area contributed by atoms with E-state index in [-0.39, 0.29) is 17.4 Å². The number of carbonyl (C=O) groups is 1. The fourth-order valence-corrected chi connectivity index (χ4v) is 3.66. The molecule has 1 aliphatic rings. The van der Waals surface area contributed by atoms with Crippen molar-refractivity contribution in [3.63, 3.8) is 0 Å². The summed E-state index contributed by atoms with van der Waals surface area (Å²) in [6, 6.07) is 5.18. The highest BCUT2D eigenvalue weighted by atomic mass is 35.5. The fraction of sp³-hybridized carbons (Fsp3) is 0.550. The van der Waals surface area contributed by atoms with E-state index in [0.717, 1.165) is 32.4 Å². The molecule has 3 rings (SSSR count). The predicted octanol–water partition coefficient (Wildman–Crippen LogP) is 4.56. The first kappa shape index (κ1) is 21.1. The molecular formula is C20H26Cl2N4O2. The number of hydrogen-bond acceptors (Lipinski definition) is 5. The molecule has 1 aliphatic heterocycles. The predicted molar refractivity (Wildman–Crippen MR) is 110 cm³/mol. The van der Waals surface area contributed by atoms with Gasteiger partial charge in [-0.2, -0.15) is 4.98 Å². The molecule has 28 heavy (non-hydrogen) atoms. The number of amides is 1. The number of nitrogens with zero attached hydrogens (tertiary/aromatic N) is 3. The van der Waals surface area contributed by atoms with E-state index in [1.807, 2.05) is 0 Å². The zero-order chi connectivity index (χ0) is 20.3. The minimum atomic E-state index is -0.155. The molecule has 1 aromatic carbocycles. The van der Waals surface area contributed by atoms with Gasteiger partial charge in [0.25, 0.3) is 0 Å². The third-order valence-corrected chi connectivity index (χ3v) is 5.85. The monoisotopic (exact) mass is 424 g/mol. The van der Waals surface area contributed by atoms with E-state index in [4.69, 9.17) is 27.7 Å². The molecule has 1 aromatic heterocycles. The molecular weight excluding hydrogens is 399 g/mol. The van der Waals surface area contributed by atoms with Crippen LogP contribution in [0.3, 0.4) is 0 Å². The average Bonchev–Trinajstić information content (AvgIpc) is 3.10. The van der Waals surface area contributed by atoms with Crippen LogP contribution in [0.15, 0.2) is 22.7 Å². The number of nitrogens with one attached hydrogen (secondary N) is 1. The van der Waals surface area contributed by atoms with Crippen LogP contribution < -0.4 is 5.32 Å². The Hall–Kier alpha value is -1.63. The maximum Gasteiger partial charge on any atom is 0.241 e. The van der Waals surface area contributed by atoms with Crippen LogP contribution in [-0.4, -0.2) is 39.6 Å². The van der Waals surface area contributed by atoms with Gasteiger partial charge in [-0.15, -0.1) is 0 Å². The zero-order valence-electron chi connectivity index (χ0n) is 16.5. The summed E-state index contributed by atoms with van der Waals surface area (Å²) in [6.45, 7) is 8.40. The second-order valence-corrected chi connectivity index (χ2v) is 8.76. The first-order valence-electron chi connectivity index (χ1n) is 9.60. The molecule has 6 nitrogen and oxygen atoms in total. The standard InChI is InChI=1S/C20H26Cl2N4O2/c1-4-20(2,3)24-19(27)13-7-9-26(10-8-13)12-17-23-18(25-28-17)15-6-5-14(21)11-16(15)22/h5-6,11,13H,4,7-10,12H2,1-3H3,(H,24,27). The molecule has 2 aromatic rings. The van der Waals surface area contributed by atoms with Crippen LogP contribution >= 0.6 is 23.2 Å². The maximum absolute atomic E-state index is 12.5. The van der Waals surface area contributed by atoms with Gasteiger partial charge in [0.2, 0.25) is 17.6 Å². The Bertz CT molecular complexity index is 829. The molecule has 0 spiro atoms. The van der Waals surface area contributed by atoms with E-state index >= 15 is 0 Å². The fourth-order valence-electron chi connectivity index (χ4n) is 3.17. The molecule has 1 amide bonds. The van der Waals surface area contributed by atoms with Gasteiger partial charge in [-0.1, -0.05) is 35.3 Å². The highest BCUT2D eigenvalue weighted by Crippen LogP contribution is 2.28. The van der Waals surface area contributed by atoms with E-state index in [1.165, 1.54) is 0 Å². The third-order valence-electron chi connectivity index (χ3n) is 5.30. The van der Waals surface area contributed by atoms with Crippen LogP contribution in [0.2, 0.25) is 10.0 Å². The summed E-state index contributed by atoms with van der Waals surface area (Å²) in [5, 5.41) is 8.23. The highest BCUT2D eigenvalue weighted by Gasteiger charge is 2.29. The lowest BCUT2D eigenvalue weighted by atomic mass is 9.93. The van der Waals surface area contributed by atoms with Gasteiger partial charge in [-0.25, -0.2) is 0 Å². The summed E-state index contributed by atoms with van der Waals surface area (Å²) >= 11 is 12.1. The van der Waals surface area contributed by atoms with Crippen molar-refractivity contribution >= 4 is 29.1 Å². The van der Waals surface area contributed by atoms with Gasteiger partial charge in [0, 0.05) is 22.0 Å². The summed E-state index contributed by atoms with van der Waals surface area (Å²) in [5.74, 6) is 1.21. The number of aromatic nitrogens is 2. The molecule has 0 atom stereocenters. The van der Waals surface area contributed by atoms with Crippen molar-refractivity contribution in [2.24, 2.45) is 5.92 Å². The smallest absolute Gasteiger partial charge is 0.241 e. The van der Waals surface area contributed by atoms with Gasteiger partial charge >= 0.3 is 0 Å². The SMILES string of the molecule is CCC(C)(C)NC(=O)C1CCN(Cc2nc(-c3ccc(Cl)cc3Cl)no2)CC1. The number of hydrogen-bond donors (Lipinski definition) is 1. The Labute approximate surface area is 175 Å². The highest BCUT2D eigenvalue weighted by molar-refractivity contribution is 6.36. The Morgan fingerprint density at radius 2 is 2.04 bits per heavy atom. The molecule has 0 radical (unpaired) electrons. The van der Waals surface area contributed by atoms with Crippen LogP contribution in [0.4, 0.5) is 0 Å². The first-order chi connectivity index (χ1) is 13.3. The van der Waals surface area contributed by atoms with Gasteiger partial charge < -0.3 is 9.84 Å². The van der Waals surface area contributed by atoms with E-state index in [1.54, 1.807) is 18.2 Å². The number of halogens is 2. The molecule has 1 N–H and O–H groups in total. The molecule has 2 heterocycles. The Morgan fingerprint density at radius 1 is 1.32 bits per heavy atom. The molecule has 152 valence electrons. The molecule has 0 bridgehead atoms. The van der Waals surface area contributed by atoms with Crippen LogP contribution in [-0.2, 0) is 11.3 Å². The molecule has 1 fully saturated rings. The van der Waals surface area contributed by atoms with E-state index in [9.17, 15) is 4.79 Å². The number of likely N-dealkylation sites (tertiary alicyclic amines) is 1. The third kappa shape index (κ3) is 5.25. The number of carbonyl (C=O) groups excluding carboxylic acids is 1. The lowest BCUT2D eigenvalue weighted by Gasteiger charge is -2.33.